The Morgan fingerprint density at radius 2 is 1.57 bits per heavy atom. The number of carbonyl (C=O) groups excluding carboxylic acids is 2. The van der Waals surface area contributed by atoms with Gasteiger partial charge in [-0.1, -0.05) is 36.4 Å². The largest absolute Gasteiger partial charge is 0.386 e. The van der Waals surface area contributed by atoms with Gasteiger partial charge in [0.2, 0.25) is 0 Å². The summed E-state index contributed by atoms with van der Waals surface area (Å²) in [6, 6.07) is 19.7. The lowest BCUT2D eigenvalue weighted by atomic mass is 9.96. The van der Waals surface area contributed by atoms with Crippen molar-refractivity contribution in [1.29, 1.82) is 0 Å². The summed E-state index contributed by atoms with van der Waals surface area (Å²) < 4.78 is 1.57. The third kappa shape index (κ3) is 3.35. The molecule has 1 aromatic heterocycles. The molecule has 0 spiro atoms. The molecule has 6 nitrogen and oxygen atoms in total. The Morgan fingerprint density at radius 3 is 2.32 bits per heavy atom. The van der Waals surface area contributed by atoms with Crippen LogP contribution in [0.5, 0.6) is 0 Å². The normalized spacial score (nSPS) is 14.5. The van der Waals surface area contributed by atoms with Gasteiger partial charge in [-0.15, -0.1) is 0 Å². The van der Waals surface area contributed by atoms with E-state index in [2.05, 4.69) is 10.6 Å². The van der Waals surface area contributed by atoms with Gasteiger partial charge in [-0.3, -0.25) is 24.3 Å². The predicted molar refractivity (Wildman–Crippen MR) is 106 cm³/mol. The maximum Gasteiger partial charge on any atom is 0.260 e. The van der Waals surface area contributed by atoms with Crippen molar-refractivity contribution in [1.82, 2.24) is 15.2 Å². The van der Waals surface area contributed by atoms with E-state index in [1.807, 2.05) is 36.4 Å². The molecule has 0 saturated carbocycles. The van der Waals surface area contributed by atoms with Crippen LogP contribution < -0.4 is 16.2 Å². The van der Waals surface area contributed by atoms with Gasteiger partial charge in [0.25, 0.3) is 17.4 Å². The summed E-state index contributed by atoms with van der Waals surface area (Å²) in [7, 11) is 0. The third-order valence-corrected chi connectivity index (χ3v) is 4.50. The van der Waals surface area contributed by atoms with Crippen molar-refractivity contribution in [2.24, 2.45) is 0 Å². The second-order valence-electron chi connectivity index (χ2n) is 6.35. The summed E-state index contributed by atoms with van der Waals surface area (Å²) in [5.41, 5.74) is 2.88. The van der Waals surface area contributed by atoms with Crippen LogP contribution in [-0.2, 0) is 11.3 Å². The van der Waals surface area contributed by atoms with E-state index in [0.29, 0.717) is 23.2 Å². The van der Waals surface area contributed by atoms with E-state index in [4.69, 9.17) is 0 Å². The Morgan fingerprint density at radius 1 is 0.857 bits per heavy atom. The lowest BCUT2D eigenvalue weighted by Gasteiger charge is -2.18. The third-order valence-electron chi connectivity index (χ3n) is 4.50. The zero-order valence-corrected chi connectivity index (χ0v) is 14.9. The van der Waals surface area contributed by atoms with E-state index >= 15 is 0 Å². The van der Waals surface area contributed by atoms with Crippen molar-refractivity contribution < 1.29 is 9.59 Å². The Bertz CT molecular complexity index is 1150. The number of benzene rings is 2. The molecule has 0 aliphatic carbocycles. The Hall–Kier alpha value is -3.93. The van der Waals surface area contributed by atoms with Crippen molar-refractivity contribution in [2.75, 3.05) is 0 Å². The SMILES string of the molecule is O=C1NC(=O)c2ccccc2C1=CNCc1ccn(-c2ccccc2)c(=O)c1. The lowest BCUT2D eigenvalue weighted by Crippen LogP contribution is -2.36. The van der Waals surface area contributed by atoms with Gasteiger partial charge in [0.15, 0.2) is 0 Å². The Kier molecular flexibility index (Phi) is 4.60. The van der Waals surface area contributed by atoms with E-state index in [-0.39, 0.29) is 5.56 Å². The fourth-order valence-electron chi connectivity index (χ4n) is 3.12. The van der Waals surface area contributed by atoms with Crippen LogP contribution in [0.25, 0.3) is 11.3 Å². The van der Waals surface area contributed by atoms with Gasteiger partial charge in [-0.05, 0) is 29.8 Å². The molecule has 2 heterocycles. The highest BCUT2D eigenvalue weighted by atomic mass is 16.2. The minimum absolute atomic E-state index is 0.135. The molecule has 0 fully saturated rings. The summed E-state index contributed by atoms with van der Waals surface area (Å²) >= 11 is 0. The number of para-hydroxylation sites is 1. The molecule has 0 atom stereocenters. The molecule has 6 heteroatoms. The summed E-state index contributed by atoms with van der Waals surface area (Å²) in [6.45, 7) is 0.373. The molecule has 0 unspecified atom stereocenters. The zero-order valence-electron chi connectivity index (χ0n) is 14.9. The molecule has 0 radical (unpaired) electrons. The van der Waals surface area contributed by atoms with Crippen molar-refractivity contribution >= 4 is 17.4 Å². The molecule has 28 heavy (non-hydrogen) atoms. The molecule has 2 amide bonds. The summed E-state index contributed by atoms with van der Waals surface area (Å²) in [5, 5.41) is 5.39. The lowest BCUT2D eigenvalue weighted by molar-refractivity contribution is -0.114. The number of nitrogens with one attached hydrogen (secondary N) is 2. The number of carbonyl (C=O) groups is 2. The average Bonchev–Trinajstić information content (AvgIpc) is 2.71. The minimum Gasteiger partial charge on any atom is -0.386 e. The molecule has 0 saturated heterocycles. The second-order valence-corrected chi connectivity index (χ2v) is 6.35. The number of rotatable bonds is 4. The first-order valence-electron chi connectivity index (χ1n) is 8.79. The van der Waals surface area contributed by atoms with Crippen LogP contribution in [0.15, 0.2) is 83.9 Å². The number of aromatic nitrogens is 1. The van der Waals surface area contributed by atoms with Crippen LogP contribution in [0.2, 0.25) is 0 Å². The van der Waals surface area contributed by atoms with Gasteiger partial charge in [0.1, 0.15) is 0 Å². The quantitative estimate of drug-likeness (QED) is 0.545. The van der Waals surface area contributed by atoms with Crippen LogP contribution in [0.3, 0.4) is 0 Å². The van der Waals surface area contributed by atoms with Gasteiger partial charge >= 0.3 is 0 Å². The first kappa shape index (κ1) is 17.5. The molecule has 2 N–H and O–H groups in total. The van der Waals surface area contributed by atoms with E-state index in [1.165, 1.54) is 0 Å². The molecular weight excluding hydrogens is 354 g/mol. The van der Waals surface area contributed by atoms with Crippen molar-refractivity contribution in [2.45, 2.75) is 6.54 Å². The molecule has 1 aliphatic heterocycles. The topological polar surface area (TPSA) is 80.2 Å². The average molecular weight is 371 g/mol. The standard InChI is InChI=1S/C22H17N3O3/c26-20-12-15(10-11-25(20)16-6-2-1-3-7-16)13-23-14-19-17-8-4-5-9-18(17)21(27)24-22(19)28/h1-12,14,23H,13H2,(H,24,27,28). The fourth-order valence-corrected chi connectivity index (χ4v) is 3.12. The van der Waals surface area contributed by atoms with E-state index in [1.54, 1.807) is 47.3 Å². The number of nitrogens with zero attached hydrogens (tertiary/aromatic N) is 1. The number of fused-ring (bicyclic) bond motifs is 1. The first-order chi connectivity index (χ1) is 13.6. The smallest absolute Gasteiger partial charge is 0.260 e. The molecule has 138 valence electrons. The molecular formula is C22H17N3O3. The van der Waals surface area contributed by atoms with Crippen molar-refractivity contribution in [3.8, 4) is 5.69 Å². The second kappa shape index (κ2) is 7.36. The van der Waals surface area contributed by atoms with Gasteiger partial charge in [-0.2, -0.15) is 0 Å². The Labute approximate surface area is 161 Å². The number of amides is 2. The van der Waals surface area contributed by atoms with E-state index in [9.17, 15) is 14.4 Å². The summed E-state index contributed by atoms with van der Waals surface area (Å²) in [4.78, 5) is 36.5. The monoisotopic (exact) mass is 371 g/mol. The first-order valence-corrected chi connectivity index (χ1v) is 8.79. The molecule has 4 rings (SSSR count). The predicted octanol–water partition coefficient (Wildman–Crippen LogP) is 2.24. The fraction of sp³-hybridized carbons (Fsp3) is 0.0455. The molecule has 0 bridgehead atoms. The highest BCUT2D eigenvalue weighted by Gasteiger charge is 2.26. The maximum absolute atomic E-state index is 12.4. The van der Waals surface area contributed by atoms with Crippen LogP contribution in [0.1, 0.15) is 21.5 Å². The van der Waals surface area contributed by atoms with Gasteiger partial charge in [0, 0.05) is 41.8 Å². The summed E-state index contributed by atoms with van der Waals surface area (Å²) in [6.07, 6.45) is 3.30. The zero-order chi connectivity index (χ0) is 19.5. The van der Waals surface area contributed by atoms with E-state index < -0.39 is 11.8 Å². The number of imide groups is 1. The summed E-state index contributed by atoms with van der Waals surface area (Å²) in [5.74, 6) is -0.849. The number of hydrogen-bond acceptors (Lipinski definition) is 4. The molecule has 1 aliphatic rings. The maximum atomic E-state index is 12.4. The highest BCUT2D eigenvalue weighted by Crippen LogP contribution is 2.23. The molecule has 2 aromatic carbocycles. The number of hydrogen-bond donors (Lipinski definition) is 2. The van der Waals surface area contributed by atoms with Gasteiger partial charge in [-0.25, -0.2) is 0 Å². The van der Waals surface area contributed by atoms with Gasteiger partial charge < -0.3 is 5.32 Å². The van der Waals surface area contributed by atoms with Crippen LogP contribution >= 0.6 is 0 Å². The minimum atomic E-state index is -0.448. The Balaban J connectivity index is 1.53. The number of pyridine rings is 1. The molecule has 3 aromatic rings. The van der Waals surface area contributed by atoms with Gasteiger partial charge in [0.05, 0.1) is 5.57 Å². The highest BCUT2D eigenvalue weighted by molar-refractivity contribution is 6.30. The van der Waals surface area contributed by atoms with Crippen molar-refractivity contribution in [3.63, 3.8) is 0 Å². The van der Waals surface area contributed by atoms with Crippen molar-refractivity contribution in [3.05, 3.63) is 106 Å². The van der Waals surface area contributed by atoms with E-state index in [0.717, 1.165) is 11.3 Å². The van der Waals surface area contributed by atoms with Crippen LogP contribution in [0, 0.1) is 0 Å². The van der Waals surface area contributed by atoms with Crippen LogP contribution in [0.4, 0.5) is 0 Å². The van der Waals surface area contributed by atoms with Crippen LogP contribution in [-0.4, -0.2) is 16.4 Å².